The molecular weight excluding hydrogens is 318 g/mol. The summed E-state index contributed by atoms with van der Waals surface area (Å²) in [6.07, 6.45) is -2.26. The van der Waals surface area contributed by atoms with Gasteiger partial charge in [0.15, 0.2) is 5.65 Å². The predicted octanol–water partition coefficient (Wildman–Crippen LogP) is 1.61. The maximum absolute atomic E-state index is 12.9. The molecule has 7 nitrogen and oxygen atoms in total. The van der Waals surface area contributed by atoms with E-state index >= 15 is 0 Å². The molecule has 132 valence electrons. The van der Waals surface area contributed by atoms with Gasteiger partial charge >= 0.3 is 0 Å². The van der Waals surface area contributed by atoms with Crippen molar-refractivity contribution in [2.75, 3.05) is 38.1 Å². The van der Waals surface area contributed by atoms with E-state index in [0.29, 0.717) is 11.5 Å². The third kappa shape index (κ3) is 3.62. The summed E-state index contributed by atoms with van der Waals surface area (Å²) in [6, 6.07) is 3.42. The van der Waals surface area contributed by atoms with Crippen LogP contribution in [0.1, 0.15) is 26.1 Å². The van der Waals surface area contributed by atoms with E-state index in [0.717, 1.165) is 30.7 Å². The van der Waals surface area contributed by atoms with E-state index in [1.54, 1.807) is 12.1 Å². The van der Waals surface area contributed by atoms with E-state index in [2.05, 4.69) is 34.0 Å². The number of hydrogen-bond acceptors (Lipinski definition) is 6. The molecule has 1 saturated heterocycles. The van der Waals surface area contributed by atoms with Crippen molar-refractivity contribution in [3.05, 3.63) is 18.0 Å². The number of fused-ring (bicyclic) bond motifs is 1. The first kappa shape index (κ1) is 17.0. The van der Waals surface area contributed by atoms with Crippen molar-refractivity contribution in [2.45, 2.75) is 32.5 Å². The first-order valence-electron chi connectivity index (χ1n) is 8.03. The summed E-state index contributed by atoms with van der Waals surface area (Å²) in [6.45, 7) is 7.53. The van der Waals surface area contributed by atoms with E-state index in [1.165, 1.54) is 0 Å². The average molecular weight is 340 g/mol. The molecule has 0 N–H and O–H groups in total. The van der Waals surface area contributed by atoms with Gasteiger partial charge in [-0.05, 0) is 26.0 Å². The van der Waals surface area contributed by atoms with Gasteiger partial charge in [0.1, 0.15) is 5.82 Å². The minimum absolute atomic E-state index is 0.221. The van der Waals surface area contributed by atoms with Crippen molar-refractivity contribution in [2.24, 2.45) is 0 Å². The molecule has 0 radical (unpaired) electrons. The van der Waals surface area contributed by atoms with E-state index in [4.69, 9.17) is 4.74 Å². The molecule has 24 heavy (non-hydrogen) atoms. The van der Waals surface area contributed by atoms with Crippen molar-refractivity contribution in [1.82, 2.24) is 24.7 Å². The first-order chi connectivity index (χ1) is 11.4. The second kappa shape index (κ2) is 6.94. The highest BCUT2D eigenvalue weighted by Crippen LogP contribution is 2.18. The molecule has 2 atom stereocenters. The van der Waals surface area contributed by atoms with Gasteiger partial charge in [-0.15, -0.1) is 15.3 Å². The van der Waals surface area contributed by atoms with E-state index < -0.39 is 12.2 Å². The minimum Gasteiger partial charge on any atom is -0.373 e. The van der Waals surface area contributed by atoms with Gasteiger partial charge in [0.05, 0.1) is 12.2 Å². The van der Waals surface area contributed by atoms with E-state index in [9.17, 15) is 8.78 Å². The number of nitrogens with zero attached hydrogens (tertiary/aromatic N) is 6. The van der Waals surface area contributed by atoms with Crippen LogP contribution in [0.4, 0.5) is 14.6 Å². The molecular formula is C15H22F2N6O. The Hall–Kier alpha value is -1.87. The van der Waals surface area contributed by atoms with Gasteiger partial charge in [0.2, 0.25) is 5.82 Å². The molecule has 0 unspecified atom stereocenters. The fourth-order valence-electron chi connectivity index (χ4n) is 3.01. The van der Waals surface area contributed by atoms with Crippen LogP contribution in [0.3, 0.4) is 0 Å². The highest BCUT2D eigenvalue weighted by Gasteiger charge is 2.22. The van der Waals surface area contributed by atoms with Crippen LogP contribution in [-0.4, -0.2) is 70.1 Å². The van der Waals surface area contributed by atoms with Gasteiger partial charge in [0.25, 0.3) is 6.43 Å². The smallest absolute Gasteiger partial charge is 0.299 e. The predicted molar refractivity (Wildman–Crippen MR) is 85.5 cm³/mol. The first-order valence-corrected chi connectivity index (χ1v) is 8.03. The number of anilines is 1. The Morgan fingerprint density at radius 1 is 1.25 bits per heavy atom. The summed E-state index contributed by atoms with van der Waals surface area (Å²) in [5.41, 5.74) is 0.318. The van der Waals surface area contributed by atoms with Gasteiger partial charge in [-0.3, -0.25) is 4.90 Å². The maximum atomic E-state index is 12.9. The van der Waals surface area contributed by atoms with E-state index in [-0.39, 0.29) is 12.2 Å². The molecule has 9 heteroatoms. The lowest BCUT2D eigenvalue weighted by molar-refractivity contribution is -0.0670. The van der Waals surface area contributed by atoms with Crippen LogP contribution in [0.15, 0.2) is 12.1 Å². The Kier molecular flexibility index (Phi) is 4.91. The molecule has 0 aromatic carbocycles. The van der Waals surface area contributed by atoms with Crippen molar-refractivity contribution in [3.63, 3.8) is 0 Å². The van der Waals surface area contributed by atoms with Gasteiger partial charge in [0, 0.05) is 33.2 Å². The van der Waals surface area contributed by atoms with Gasteiger partial charge in [-0.2, -0.15) is 4.52 Å². The zero-order valence-electron chi connectivity index (χ0n) is 14.1. The summed E-state index contributed by atoms with van der Waals surface area (Å²) in [5, 5.41) is 11.4. The lowest BCUT2D eigenvalue weighted by Gasteiger charge is -2.36. The zero-order chi connectivity index (χ0) is 17.3. The second-order valence-electron chi connectivity index (χ2n) is 6.26. The lowest BCUT2D eigenvalue weighted by atomic mass is 10.2. The molecule has 0 spiro atoms. The van der Waals surface area contributed by atoms with Crippen molar-refractivity contribution < 1.29 is 13.5 Å². The zero-order valence-corrected chi connectivity index (χ0v) is 14.1. The molecule has 0 saturated carbocycles. The molecule has 2 aromatic rings. The third-order valence-corrected chi connectivity index (χ3v) is 4.11. The topological polar surface area (TPSA) is 58.8 Å². The standard InChI is InChI=1S/C15H22F2N6O/c1-10-8-22(9-11(2)24-10)7-6-21(3)13-5-4-12-18-19-15(14(16)17)23(12)20-13/h4-5,10-11,14H,6-9H2,1-3H3/t10-,11+. The molecule has 3 rings (SSSR count). The van der Waals surface area contributed by atoms with Gasteiger partial charge in [-0.25, -0.2) is 8.78 Å². The number of aromatic nitrogens is 4. The molecule has 1 aliphatic heterocycles. The van der Waals surface area contributed by atoms with Crippen LogP contribution < -0.4 is 4.90 Å². The Labute approximate surface area is 139 Å². The van der Waals surface area contributed by atoms with Gasteiger partial charge < -0.3 is 9.64 Å². The van der Waals surface area contributed by atoms with Crippen molar-refractivity contribution >= 4 is 11.5 Å². The largest absolute Gasteiger partial charge is 0.373 e. The summed E-state index contributed by atoms with van der Waals surface area (Å²) < 4.78 is 32.7. The normalized spacial score (nSPS) is 22.4. The number of hydrogen-bond donors (Lipinski definition) is 0. The van der Waals surface area contributed by atoms with Crippen LogP contribution >= 0.6 is 0 Å². The summed E-state index contributed by atoms with van der Waals surface area (Å²) in [7, 11) is 1.90. The van der Waals surface area contributed by atoms with Crippen LogP contribution in [0, 0.1) is 0 Å². The monoisotopic (exact) mass is 340 g/mol. The number of ether oxygens (including phenoxy) is 1. The fourth-order valence-corrected chi connectivity index (χ4v) is 3.01. The van der Waals surface area contributed by atoms with Crippen LogP contribution in [0.2, 0.25) is 0 Å². The Bertz CT molecular complexity index is 684. The van der Waals surface area contributed by atoms with Crippen LogP contribution in [0.25, 0.3) is 5.65 Å². The van der Waals surface area contributed by atoms with Crippen LogP contribution in [0.5, 0.6) is 0 Å². The Morgan fingerprint density at radius 2 is 1.96 bits per heavy atom. The quantitative estimate of drug-likeness (QED) is 0.824. The van der Waals surface area contributed by atoms with E-state index in [1.807, 2.05) is 11.9 Å². The minimum atomic E-state index is -2.70. The molecule has 0 bridgehead atoms. The highest BCUT2D eigenvalue weighted by molar-refractivity contribution is 5.45. The van der Waals surface area contributed by atoms with Crippen LogP contribution in [-0.2, 0) is 4.74 Å². The molecule has 1 fully saturated rings. The number of alkyl halides is 2. The summed E-state index contributed by atoms with van der Waals surface area (Å²) in [4.78, 5) is 4.29. The lowest BCUT2D eigenvalue weighted by Crippen LogP contribution is -2.47. The molecule has 0 amide bonds. The number of morpholine rings is 1. The molecule has 0 aliphatic carbocycles. The number of halogens is 2. The maximum Gasteiger partial charge on any atom is 0.299 e. The number of rotatable bonds is 5. The number of likely N-dealkylation sites (N-methyl/N-ethyl adjacent to an activating group) is 1. The summed E-state index contributed by atoms with van der Waals surface area (Å²) in [5.74, 6) is 0.176. The molecule has 3 heterocycles. The highest BCUT2D eigenvalue weighted by atomic mass is 19.3. The third-order valence-electron chi connectivity index (χ3n) is 4.11. The fraction of sp³-hybridized carbons (Fsp3) is 0.667. The summed E-state index contributed by atoms with van der Waals surface area (Å²) >= 11 is 0. The van der Waals surface area contributed by atoms with Crippen molar-refractivity contribution in [3.8, 4) is 0 Å². The SMILES string of the molecule is C[C@@H]1CN(CCN(C)c2ccc3nnc(C(F)F)n3n2)C[C@H](C)O1. The molecule has 1 aliphatic rings. The Morgan fingerprint density at radius 3 is 2.62 bits per heavy atom. The van der Waals surface area contributed by atoms with Gasteiger partial charge in [-0.1, -0.05) is 0 Å². The Balaban J connectivity index is 1.67. The molecule has 2 aromatic heterocycles. The van der Waals surface area contributed by atoms with Crippen molar-refractivity contribution in [1.29, 1.82) is 0 Å². The second-order valence-corrected chi connectivity index (χ2v) is 6.26. The average Bonchev–Trinajstić information content (AvgIpc) is 2.95.